The molecule has 0 bridgehead atoms. The number of nitrogens with zero attached hydrogens (tertiary/aromatic N) is 2. The summed E-state index contributed by atoms with van der Waals surface area (Å²) in [6, 6.07) is 7.37. The van der Waals surface area contributed by atoms with Gasteiger partial charge in [0.25, 0.3) is 0 Å². The Bertz CT molecular complexity index is 720. The van der Waals surface area contributed by atoms with Crippen LogP contribution in [-0.4, -0.2) is 65.0 Å². The molecule has 28 heavy (non-hydrogen) atoms. The Hall–Kier alpha value is -1.34. The number of benzene rings is 1. The number of carbonyl (C=O) groups is 2. The highest BCUT2D eigenvalue weighted by Crippen LogP contribution is 2.41. The van der Waals surface area contributed by atoms with E-state index in [1.807, 2.05) is 34.1 Å². The van der Waals surface area contributed by atoms with Crippen molar-refractivity contribution in [2.24, 2.45) is 5.41 Å². The number of halogens is 2. The average molecular weight is 428 g/mol. The second-order valence-corrected chi connectivity index (χ2v) is 8.67. The van der Waals surface area contributed by atoms with Crippen LogP contribution in [0.5, 0.6) is 0 Å². The fourth-order valence-electron chi connectivity index (χ4n) is 4.60. The highest BCUT2D eigenvalue weighted by molar-refractivity contribution is 6.30. The molecule has 6 nitrogen and oxygen atoms in total. The zero-order valence-corrected chi connectivity index (χ0v) is 17.3. The third-order valence-electron chi connectivity index (χ3n) is 6.23. The van der Waals surface area contributed by atoms with Crippen molar-refractivity contribution in [1.29, 1.82) is 0 Å². The lowest BCUT2D eigenvalue weighted by Gasteiger charge is -2.39. The van der Waals surface area contributed by atoms with Crippen LogP contribution in [0.15, 0.2) is 24.3 Å². The Morgan fingerprint density at radius 3 is 2.54 bits per heavy atom. The van der Waals surface area contributed by atoms with E-state index in [0.29, 0.717) is 44.0 Å². The van der Waals surface area contributed by atoms with Crippen molar-refractivity contribution in [3.05, 3.63) is 34.9 Å². The van der Waals surface area contributed by atoms with Gasteiger partial charge in [-0.2, -0.15) is 0 Å². The number of nitrogens with one attached hydrogen (secondary N) is 1. The lowest BCUT2D eigenvalue weighted by Crippen LogP contribution is -2.49. The molecule has 8 heteroatoms. The normalized spacial score (nSPS) is 26.6. The minimum absolute atomic E-state index is 0. The number of carbonyl (C=O) groups excluding carboxylic acids is 2. The molecule has 2 atom stereocenters. The lowest BCUT2D eigenvalue weighted by atomic mass is 9.77. The van der Waals surface area contributed by atoms with Crippen LogP contribution in [0.1, 0.15) is 31.2 Å². The van der Waals surface area contributed by atoms with Gasteiger partial charge in [-0.25, -0.2) is 0 Å². The van der Waals surface area contributed by atoms with Gasteiger partial charge in [0.2, 0.25) is 11.8 Å². The van der Waals surface area contributed by atoms with E-state index < -0.39 is 6.10 Å². The van der Waals surface area contributed by atoms with Gasteiger partial charge in [-0.05, 0) is 37.0 Å². The molecule has 0 saturated carbocycles. The molecule has 4 rings (SSSR count). The van der Waals surface area contributed by atoms with Crippen LogP contribution < -0.4 is 5.32 Å². The summed E-state index contributed by atoms with van der Waals surface area (Å²) in [5, 5.41) is 13.4. The second-order valence-electron chi connectivity index (χ2n) is 8.23. The second kappa shape index (κ2) is 8.57. The van der Waals surface area contributed by atoms with Crippen LogP contribution in [0, 0.1) is 5.41 Å². The Balaban J connectivity index is 0.00000225. The molecule has 154 valence electrons. The van der Waals surface area contributed by atoms with Gasteiger partial charge in [-0.3, -0.25) is 9.59 Å². The summed E-state index contributed by atoms with van der Waals surface area (Å²) in [5.74, 6) is 0.286. The molecule has 1 spiro atoms. The zero-order valence-electron chi connectivity index (χ0n) is 15.8. The van der Waals surface area contributed by atoms with Crippen LogP contribution >= 0.6 is 24.0 Å². The first-order valence-electron chi connectivity index (χ1n) is 9.67. The quantitative estimate of drug-likeness (QED) is 0.771. The number of β-amino-alcohol motifs (C(OH)–C–C–N with tert-alkyl or cyclic N) is 1. The van der Waals surface area contributed by atoms with Crippen molar-refractivity contribution in [2.45, 2.75) is 44.4 Å². The maximum Gasteiger partial charge on any atom is 0.239 e. The summed E-state index contributed by atoms with van der Waals surface area (Å²) >= 11 is 5.94. The van der Waals surface area contributed by atoms with Gasteiger partial charge in [0, 0.05) is 49.6 Å². The minimum atomic E-state index is -0.427. The van der Waals surface area contributed by atoms with Crippen LogP contribution in [0.25, 0.3) is 0 Å². The number of aliphatic hydroxyl groups excluding tert-OH is 1. The maximum absolute atomic E-state index is 12.6. The summed E-state index contributed by atoms with van der Waals surface area (Å²) in [7, 11) is 0. The summed E-state index contributed by atoms with van der Waals surface area (Å²) in [5.41, 5.74) is 1.08. The average Bonchev–Trinajstić information content (AvgIpc) is 3.21. The maximum atomic E-state index is 12.6. The zero-order chi connectivity index (χ0) is 19.0. The Kier molecular flexibility index (Phi) is 6.54. The molecule has 0 aliphatic carbocycles. The predicted octanol–water partition coefficient (Wildman–Crippen LogP) is 1.83. The van der Waals surface area contributed by atoms with Crippen molar-refractivity contribution in [3.8, 4) is 0 Å². The minimum Gasteiger partial charge on any atom is -0.392 e. The van der Waals surface area contributed by atoms with Gasteiger partial charge in [0.15, 0.2) is 0 Å². The predicted molar refractivity (Wildman–Crippen MR) is 109 cm³/mol. The molecule has 0 radical (unpaired) electrons. The summed E-state index contributed by atoms with van der Waals surface area (Å²) in [4.78, 5) is 29.0. The molecule has 3 fully saturated rings. The number of rotatable bonds is 3. The number of amides is 2. The number of hydrogen-bond donors (Lipinski definition) is 2. The molecule has 0 aromatic heterocycles. The number of piperidine rings is 1. The highest BCUT2D eigenvalue weighted by atomic mass is 35.5. The van der Waals surface area contributed by atoms with Gasteiger partial charge in [-0.1, -0.05) is 23.7 Å². The molecule has 3 saturated heterocycles. The van der Waals surface area contributed by atoms with Crippen LogP contribution in [0.2, 0.25) is 5.02 Å². The Labute approximate surface area is 176 Å². The van der Waals surface area contributed by atoms with E-state index in [0.717, 1.165) is 24.9 Å². The standard InChI is InChI=1S/C20H26ClN3O3.ClH/c21-15-3-1-14(2-4-15)12-24-13-20(10-18(24)26)5-7-23(8-6-20)19(27)17-9-16(25)11-22-17;/h1-4,16-17,22,25H,5-13H2;1H/t16-,17+;/m1./s1. The van der Waals surface area contributed by atoms with Crippen molar-refractivity contribution in [2.75, 3.05) is 26.2 Å². The van der Waals surface area contributed by atoms with E-state index in [1.165, 1.54) is 0 Å². The molecular formula is C20H27Cl2N3O3. The Morgan fingerprint density at radius 2 is 1.93 bits per heavy atom. The highest BCUT2D eigenvalue weighted by Gasteiger charge is 2.46. The van der Waals surface area contributed by atoms with Crippen molar-refractivity contribution in [3.63, 3.8) is 0 Å². The van der Waals surface area contributed by atoms with E-state index in [9.17, 15) is 14.7 Å². The van der Waals surface area contributed by atoms with Gasteiger partial charge in [0.1, 0.15) is 0 Å². The Morgan fingerprint density at radius 1 is 1.25 bits per heavy atom. The molecule has 1 aromatic rings. The van der Waals surface area contributed by atoms with Crippen LogP contribution in [0.3, 0.4) is 0 Å². The molecule has 2 N–H and O–H groups in total. The van der Waals surface area contributed by atoms with Crippen LogP contribution in [0.4, 0.5) is 0 Å². The summed E-state index contributed by atoms with van der Waals surface area (Å²) in [6.07, 6.45) is 2.36. The third-order valence-corrected chi connectivity index (χ3v) is 6.49. The van der Waals surface area contributed by atoms with Gasteiger partial charge < -0.3 is 20.2 Å². The summed E-state index contributed by atoms with van der Waals surface area (Å²) < 4.78 is 0. The largest absolute Gasteiger partial charge is 0.392 e. The van der Waals surface area contributed by atoms with Crippen molar-refractivity contribution < 1.29 is 14.7 Å². The fraction of sp³-hybridized carbons (Fsp3) is 0.600. The number of hydrogen-bond acceptors (Lipinski definition) is 4. The molecule has 3 heterocycles. The monoisotopic (exact) mass is 427 g/mol. The van der Waals surface area contributed by atoms with Gasteiger partial charge in [-0.15, -0.1) is 12.4 Å². The first-order chi connectivity index (χ1) is 12.9. The SMILES string of the molecule is Cl.O=C1CC2(CCN(C(=O)[C@@H]3C[C@@H](O)CN3)CC2)CN1Cc1ccc(Cl)cc1. The number of likely N-dealkylation sites (tertiary alicyclic amines) is 2. The van der Waals surface area contributed by atoms with E-state index in [2.05, 4.69) is 5.32 Å². The molecule has 0 unspecified atom stereocenters. The molecular weight excluding hydrogens is 401 g/mol. The van der Waals surface area contributed by atoms with Gasteiger partial charge in [0.05, 0.1) is 12.1 Å². The molecule has 3 aliphatic heterocycles. The van der Waals surface area contributed by atoms with E-state index in [1.54, 1.807) is 0 Å². The lowest BCUT2D eigenvalue weighted by molar-refractivity contribution is -0.135. The van der Waals surface area contributed by atoms with Gasteiger partial charge >= 0.3 is 0 Å². The smallest absolute Gasteiger partial charge is 0.239 e. The van der Waals surface area contributed by atoms with Crippen molar-refractivity contribution in [1.82, 2.24) is 15.1 Å². The van der Waals surface area contributed by atoms with Crippen molar-refractivity contribution >= 4 is 35.8 Å². The fourth-order valence-corrected chi connectivity index (χ4v) is 4.72. The topological polar surface area (TPSA) is 72.9 Å². The van der Waals surface area contributed by atoms with E-state index in [4.69, 9.17) is 11.6 Å². The molecule has 3 aliphatic rings. The van der Waals surface area contributed by atoms with Crippen LogP contribution in [-0.2, 0) is 16.1 Å². The number of aliphatic hydroxyl groups is 1. The first kappa shape index (κ1) is 21.4. The molecule has 1 aromatic carbocycles. The summed E-state index contributed by atoms with van der Waals surface area (Å²) in [6.45, 7) is 3.24. The van der Waals surface area contributed by atoms with E-state index in [-0.39, 0.29) is 35.7 Å². The first-order valence-corrected chi connectivity index (χ1v) is 10.0. The third kappa shape index (κ3) is 4.46. The van der Waals surface area contributed by atoms with E-state index >= 15 is 0 Å². The molecule has 2 amide bonds.